The average molecular weight is 434 g/mol. The molecule has 28 heavy (non-hydrogen) atoms. The van der Waals surface area contributed by atoms with Crippen LogP contribution >= 0.6 is 34.7 Å². The van der Waals surface area contributed by atoms with Gasteiger partial charge in [0.25, 0.3) is 5.91 Å². The number of thiazole rings is 1. The van der Waals surface area contributed by atoms with E-state index in [2.05, 4.69) is 22.4 Å². The molecule has 0 bridgehead atoms. The van der Waals surface area contributed by atoms with Gasteiger partial charge in [-0.1, -0.05) is 42.4 Å². The second-order valence-electron chi connectivity index (χ2n) is 6.06. The molecule has 1 atom stereocenters. The maximum absolute atomic E-state index is 12.0. The molecular formula is C20H20ClN3O2S2. The predicted octanol–water partition coefficient (Wildman–Crippen LogP) is 5.37. The Hall–Kier alpha value is -2.09. The quantitative estimate of drug-likeness (QED) is 0.294. The minimum absolute atomic E-state index is 0.101. The van der Waals surface area contributed by atoms with Crippen LogP contribution < -0.4 is 10.2 Å². The number of benzene rings is 2. The highest BCUT2D eigenvalue weighted by Gasteiger charge is 2.08. The molecular weight excluding hydrogens is 414 g/mol. The molecule has 5 nitrogen and oxygen atoms in total. The van der Waals surface area contributed by atoms with Crippen LogP contribution in [0.4, 0.5) is 0 Å². The van der Waals surface area contributed by atoms with Crippen molar-refractivity contribution in [3.8, 4) is 5.75 Å². The van der Waals surface area contributed by atoms with Crippen LogP contribution in [0.5, 0.6) is 5.75 Å². The molecule has 0 aliphatic heterocycles. The smallest absolute Gasteiger partial charge is 0.250 e. The summed E-state index contributed by atoms with van der Waals surface area (Å²) in [7, 11) is 0. The molecule has 146 valence electrons. The van der Waals surface area contributed by atoms with Crippen LogP contribution in [-0.4, -0.2) is 29.0 Å². The number of aromatic nitrogens is 1. The Morgan fingerprint density at radius 2 is 2.21 bits per heavy atom. The molecule has 1 N–H and O–H groups in total. The molecule has 0 fully saturated rings. The van der Waals surface area contributed by atoms with Gasteiger partial charge in [-0.25, -0.2) is 10.4 Å². The van der Waals surface area contributed by atoms with E-state index in [0.717, 1.165) is 26.5 Å². The van der Waals surface area contributed by atoms with E-state index in [1.165, 1.54) is 11.8 Å². The number of nitrogens with one attached hydrogen (secondary N) is 1. The lowest BCUT2D eigenvalue weighted by Crippen LogP contribution is -2.19. The fourth-order valence-corrected chi connectivity index (χ4v) is 4.34. The standard InChI is InChI=1S/C20H20ClN3O2S2/c1-3-13(2)26-17-9-8-14(10-15(17)21)11-22-24-19(25)12-27-20-23-16-6-4-5-7-18(16)28-20/h4-11,13H,3,12H2,1-2H3,(H,24,25)/b22-11+/t13-/m1/s1. The van der Waals surface area contributed by atoms with Gasteiger partial charge in [-0.3, -0.25) is 4.79 Å². The Kier molecular flexibility index (Phi) is 7.30. The number of nitrogens with zero attached hydrogens (tertiary/aromatic N) is 2. The highest BCUT2D eigenvalue weighted by atomic mass is 35.5. The lowest BCUT2D eigenvalue weighted by Gasteiger charge is -2.13. The molecule has 0 saturated heterocycles. The zero-order valence-electron chi connectivity index (χ0n) is 15.5. The van der Waals surface area contributed by atoms with E-state index in [9.17, 15) is 4.79 Å². The summed E-state index contributed by atoms with van der Waals surface area (Å²) in [5, 5.41) is 4.51. The normalized spacial score (nSPS) is 12.4. The van der Waals surface area contributed by atoms with Gasteiger partial charge in [-0.2, -0.15) is 5.10 Å². The second kappa shape index (κ2) is 9.91. The molecule has 0 radical (unpaired) electrons. The van der Waals surface area contributed by atoms with Gasteiger partial charge in [-0.15, -0.1) is 11.3 Å². The molecule has 1 amide bonds. The molecule has 3 aromatic rings. The van der Waals surface area contributed by atoms with Crippen molar-refractivity contribution < 1.29 is 9.53 Å². The molecule has 1 heterocycles. The lowest BCUT2D eigenvalue weighted by molar-refractivity contribution is -0.118. The van der Waals surface area contributed by atoms with Crippen LogP contribution in [0.25, 0.3) is 10.2 Å². The molecule has 8 heteroatoms. The number of para-hydroxylation sites is 1. The van der Waals surface area contributed by atoms with Gasteiger partial charge in [0.2, 0.25) is 0 Å². The van der Waals surface area contributed by atoms with Gasteiger partial charge in [-0.05, 0) is 49.2 Å². The fourth-order valence-electron chi connectivity index (χ4n) is 2.24. The number of hydrogen-bond acceptors (Lipinski definition) is 6. The van der Waals surface area contributed by atoms with Crippen LogP contribution in [0.1, 0.15) is 25.8 Å². The third-order valence-electron chi connectivity index (χ3n) is 3.86. The van der Waals surface area contributed by atoms with Crippen molar-refractivity contribution in [3.63, 3.8) is 0 Å². The number of thioether (sulfide) groups is 1. The highest BCUT2D eigenvalue weighted by Crippen LogP contribution is 2.29. The van der Waals surface area contributed by atoms with E-state index in [-0.39, 0.29) is 17.8 Å². The third-order valence-corrected chi connectivity index (χ3v) is 6.34. The van der Waals surface area contributed by atoms with Gasteiger partial charge in [0, 0.05) is 0 Å². The zero-order chi connectivity index (χ0) is 19.9. The summed E-state index contributed by atoms with van der Waals surface area (Å²) in [5.41, 5.74) is 4.25. The first-order chi connectivity index (χ1) is 13.5. The van der Waals surface area contributed by atoms with Gasteiger partial charge < -0.3 is 4.74 Å². The van der Waals surface area contributed by atoms with Crippen LogP contribution in [-0.2, 0) is 4.79 Å². The lowest BCUT2D eigenvalue weighted by atomic mass is 10.2. The van der Waals surface area contributed by atoms with Crippen molar-refractivity contribution in [2.75, 3.05) is 5.75 Å². The van der Waals surface area contributed by atoms with Crippen molar-refractivity contribution in [1.29, 1.82) is 0 Å². The number of ether oxygens (including phenoxy) is 1. The van der Waals surface area contributed by atoms with Gasteiger partial charge >= 0.3 is 0 Å². The maximum Gasteiger partial charge on any atom is 0.250 e. The number of carbonyl (C=O) groups is 1. The van der Waals surface area contributed by atoms with Crippen LogP contribution in [0, 0.1) is 0 Å². The summed E-state index contributed by atoms with van der Waals surface area (Å²) in [5.74, 6) is 0.701. The van der Waals surface area contributed by atoms with Crippen LogP contribution in [0.15, 0.2) is 51.9 Å². The molecule has 0 unspecified atom stereocenters. The van der Waals surface area contributed by atoms with Gasteiger partial charge in [0.05, 0.1) is 33.3 Å². The highest BCUT2D eigenvalue weighted by molar-refractivity contribution is 8.01. The SMILES string of the molecule is CC[C@@H](C)Oc1ccc(/C=N/NC(=O)CSc2nc3ccccc3s2)cc1Cl. The van der Waals surface area contributed by atoms with Gasteiger partial charge in [0.1, 0.15) is 5.75 Å². The van der Waals surface area contributed by atoms with Crippen LogP contribution in [0.3, 0.4) is 0 Å². The molecule has 0 saturated carbocycles. The Morgan fingerprint density at radius 1 is 1.39 bits per heavy atom. The largest absolute Gasteiger partial charge is 0.489 e. The molecule has 0 aliphatic carbocycles. The van der Waals surface area contributed by atoms with Crippen molar-refractivity contribution in [2.24, 2.45) is 5.10 Å². The van der Waals surface area contributed by atoms with Gasteiger partial charge in [0.15, 0.2) is 4.34 Å². The van der Waals surface area contributed by atoms with Crippen molar-refractivity contribution in [2.45, 2.75) is 30.7 Å². The average Bonchev–Trinajstić information content (AvgIpc) is 3.11. The maximum atomic E-state index is 12.0. The molecule has 3 rings (SSSR count). The number of carbonyl (C=O) groups excluding carboxylic acids is 1. The minimum atomic E-state index is -0.191. The second-order valence-corrected chi connectivity index (χ2v) is 8.72. The number of rotatable bonds is 8. The van der Waals surface area contributed by atoms with E-state index in [0.29, 0.717) is 10.8 Å². The summed E-state index contributed by atoms with van der Waals surface area (Å²) in [6.07, 6.45) is 2.56. The van der Waals surface area contributed by atoms with E-state index in [1.54, 1.807) is 29.7 Å². The van der Waals surface area contributed by atoms with E-state index < -0.39 is 0 Å². The Labute approximate surface area is 177 Å². The van der Waals surface area contributed by atoms with E-state index >= 15 is 0 Å². The van der Waals surface area contributed by atoms with Crippen molar-refractivity contribution >= 4 is 57.0 Å². The number of fused-ring (bicyclic) bond motifs is 1. The van der Waals surface area contributed by atoms with Crippen molar-refractivity contribution in [3.05, 3.63) is 53.1 Å². The first kappa shape index (κ1) is 20.6. The molecule has 1 aromatic heterocycles. The van der Waals surface area contributed by atoms with E-state index in [4.69, 9.17) is 16.3 Å². The summed E-state index contributed by atoms with van der Waals surface area (Å²) in [6, 6.07) is 13.3. The Morgan fingerprint density at radius 3 is 2.96 bits per heavy atom. The van der Waals surface area contributed by atoms with E-state index in [1.807, 2.05) is 37.3 Å². The fraction of sp³-hybridized carbons (Fsp3) is 0.250. The monoisotopic (exact) mass is 433 g/mol. The Balaban J connectivity index is 1.49. The zero-order valence-corrected chi connectivity index (χ0v) is 17.9. The Bertz CT molecular complexity index is 957. The molecule has 0 spiro atoms. The number of halogens is 1. The minimum Gasteiger partial charge on any atom is -0.489 e. The molecule has 0 aliphatic rings. The number of hydrazone groups is 1. The summed E-state index contributed by atoms with van der Waals surface area (Å²) >= 11 is 9.21. The first-order valence-electron chi connectivity index (χ1n) is 8.81. The van der Waals surface area contributed by atoms with Crippen molar-refractivity contribution in [1.82, 2.24) is 10.4 Å². The molecule has 2 aromatic carbocycles. The third kappa shape index (κ3) is 5.70. The summed E-state index contributed by atoms with van der Waals surface area (Å²) in [4.78, 5) is 16.5. The number of amides is 1. The summed E-state index contributed by atoms with van der Waals surface area (Å²) in [6.45, 7) is 4.05. The predicted molar refractivity (Wildman–Crippen MR) is 118 cm³/mol. The topological polar surface area (TPSA) is 63.6 Å². The first-order valence-corrected chi connectivity index (χ1v) is 11.0. The summed E-state index contributed by atoms with van der Waals surface area (Å²) < 4.78 is 7.71. The number of hydrogen-bond donors (Lipinski definition) is 1. The van der Waals surface area contributed by atoms with Crippen LogP contribution in [0.2, 0.25) is 5.02 Å².